The van der Waals surface area contributed by atoms with Crippen LogP contribution in [0.25, 0.3) is 33.9 Å². The summed E-state index contributed by atoms with van der Waals surface area (Å²) in [6, 6.07) is 11.3. The van der Waals surface area contributed by atoms with E-state index in [1.165, 1.54) is 0 Å². The summed E-state index contributed by atoms with van der Waals surface area (Å²) in [5, 5.41) is 27.3. The molecular weight excluding hydrogens is 606 g/mol. The first kappa shape index (κ1) is 32.7. The maximum atomic E-state index is 10.6. The van der Waals surface area contributed by atoms with Gasteiger partial charge in [-0.3, -0.25) is 4.98 Å². The van der Waals surface area contributed by atoms with Gasteiger partial charge in [-0.25, -0.2) is 19.6 Å². The van der Waals surface area contributed by atoms with Gasteiger partial charge >= 0.3 is 24.3 Å². The minimum atomic E-state index is -5.08. The number of halogens is 6. The van der Waals surface area contributed by atoms with Crippen molar-refractivity contribution in [3.8, 4) is 51.5 Å². The number of carbonyl (C=O) groups is 2. The summed E-state index contributed by atoms with van der Waals surface area (Å²) in [4.78, 5) is 34.7. The Bertz CT molecular complexity index is 1640. The number of carboxylic acid groups (broad SMARTS) is 2. The standard InChI is InChI=1S/C22H16N6O2.2C2HF3O2/c1-29-13-8-12(10-23)18(17(9-13)30-2)22-27-19-14-5-7-24-11-16(14)26-21-15(20(19)28-22)4-3-6-25-21;2*3-2(4,5)1(6)7/h3-9,11H,1-2H3,(H,25,26)(H,27,28);2*(H,6,7). The largest absolute Gasteiger partial charge is 0.497 e. The molecule has 0 atom stereocenters. The highest BCUT2D eigenvalue weighted by molar-refractivity contribution is 5.95. The monoisotopic (exact) mass is 624 g/mol. The number of anilines is 2. The van der Waals surface area contributed by atoms with E-state index in [9.17, 15) is 31.6 Å². The van der Waals surface area contributed by atoms with E-state index >= 15 is 0 Å². The highest BCUT2D eigenvalue weighted by atomic mass is 19.4. The Labute approximate surface area is 242 Å². The summed E-state index contributed by atoms with van der Waals surface area (Å²) in [5.41, 5.74) is 5.07. The van der Waals surface area contributed by atoms with Crippen LogP contribution in [0.15, 0.2) is 48.9 Å². The number of aromatic amines is 1. The van der Waals surface area contributed by atoms with Gasteiger partial charge in [0.1, 0.15) is 34.9 Å². The summed E-state index contributed by atoms with van der Waals surface area (Å²) < 4.78 is 74.3. The third-order valence-electron chi connectivity index (χ3n) is 5.48. The number of hydrogen-bond donors (Lipinski definition) is 4. The van der Waals surface area contributed by atoms with E-state index in [1.807, 2.05) is 18.2 Å². The molecule has 0 aliphatic carbocycles. The van der Waals surface area contributed by atoms with Crippen LogP contribution >= 0.6 is 0 Å². The Kier molecular flexibility index (Phi) is 9.63. The molecule has 5 rings (SSSR count). The smallest absolute Gasteiger partial charge is 0.490 e. The lowest BCUT2D eigenvalue weighted by atomic mass is 10.1. The molecule has 0 radical (unpaired) electrons. The molecule has 1 aromatic carbocycles. The number of ether oxygens (including phenoxy) is 2. The second-order valence-electron chi connectivity index (χ2n) is 8.22. The van der Waals surface area contributed by atoms with E-state index in [4.69, 9.17) is 34.3 Å². The highest BCUT2D eigenvalue weighted by Crippen LogP contribution is 2.44. The lowest BCUT2D eigenvalue weighted by Crippen LogP contribution is -2.21. The van der Waals surface area contributed by atoms with Crippen molar-refractivity contribution in [2.24, 2.45) is 0 Å². The number of carboxylic acids is 2. The molecule has 3 aromatic heterocycles. The maximum absolute atomic E-state index is 10.6. The van der Waals surface area contributed by atoms with E-state index in [2.05, 4.69) is 26.3 Å². The molecule has 0 fully saturated rings. The van der Waals surface area contributed by atoms with E-state index in [-0.39, 0.29) is 0 Å². The second-order valence-corrected chi connectivity index (χ2v) is 8.22. The number of nitrogens with one attached hydrogen (secondary N) is 2. The lowest BCUT2D eigenvalue weighted by Gasteiger charge is -2.11. The van der Waals surface area contributed by atoms with Crippen molar-refractivity contribution in [2.45, 2.75) is 12.4 Å². The van der Waals surface area contributed by atoms with E-state index in [1.54, 1.807) is 44.9 Å². The van der Waals surface area contributed by atoms with Crippen LogP contribution in [0.4, 0.5) is 37.8 Å². The van der Waals surface area contributed by atoms with Gasteiger partial charge in [-0.2, -0.15) is 31.6 Å². The number of nitrogens with zero attached hydrogens (tertiary/aromatic N) is 4. The number of rotatable bonds is 3. The normalized spacial score (nSPS) is 11.2. The van der Waals surface area contributed by atoms with Gasteiger partial charge in [-0.1, -0.05) is 0 Å². The Morgan fingerprint density at radius 3 is 2.14 bits per heavy atom. The zero-order valence-corrected chi connectivity index (χ0v) is 22.2. The average molecular weight is 624 g/mol. The van der Waals surface area contributed by atoms with Crippen molar-refractivity contribution in [1.82, 2.24) is 19.9 Å². The van der Waals surface area contributed by atoms with Gasteiger partial charge in [-0.15, -0.1) is 0 Å². The van der Waals surface area contributed by atoms with Crippen LogP contribution in [0.5, 0.6) is 11.5 Å². The van der Waals surface area contributed by atoms with Gasteiger partial charge in [0.15, 0.2) is 0 Å². The fraction of sp³-hybridized carbons (Fsp3) is 0.154. The van der Waals surface area contributed by atoms with Crippen molar-refractivity contribution < 1.29 is 55.6 Å². The first-order chi connectivity index (χ1) is 20.6. The fourth-order valence-electron chi connectivity index (χ4n) is 3.62. The highest BCUT2D eigenvalue weighted by Gasteiger charge is 2.39. The number of methoxy groups -OCH3 is 2. The number of imidazole rings is 1. The SMILES string of the molecule is COc1cc(C#N)c(-c2nc3c([nH]2)-c2ccncc2Nc2ncccc2-3)c(OC)c1.O=C(O)C(F)(F)F.O=C(O)C(F)(F)F. The molecule has 0 saturated heterocycles. The summed E-state index contributed by atoms with van der Waals surface area (Å²) in [6.07, 6.45) is -4.97. The summed E-state index contributed by atoms with van der Waals surface area (Å²) in [6.45, 7) is 0. The van der Waals surface area contributed by atoms with Gasteiger partial charge in [0, 0.05) is 29.6 Å². The molecule has 0 spiro atoms. The molecule has 0 amide bonds. The molecule has 12 nitrogen and oxygen atoms in total. The molecule has 0 bridgehead atoms. The lowest BCUT2D eigenvalue weighted by molar-refractivity contribution is -0.193. The third kappa shape index (κ3) is 7.31. The third-order valence-corrected chi connectivity index (χ3v) is 5.48. The van der Waals surface area contributed by atoms with Crippen LogP contribution in [0.3, 0.4) is 0 Å². The number of H-pyrrole nitrogens is 1. The average Bonchev–Trinajstić information content (AvgIpc) is 3.36. The number of aromatic nitrogens is 4. The molecule has 18 heteroatoms. The molecule has 44 heavy (non-hydrogen) atoms. The Morgan fingerprint density at radius 1 is 0.955 bits per heavy atom. The van der Waals surface area contributed by atoms with Crippen LogP contribution in [0, 0.1) is 11.3 Å². The summed E-state index contributed by atoms with van der Waals surface area (Å²) >= 11 is 0. The molecule has 0 saturated carbocycles. The zero-order chi connectivity index (χ0) is 32.8. The van der Waals surface area contributed by atoms with Crippen molar-refractivity contribution in [2.75, 3.05) is 19.5 Å². The summed E-state index contributed by atoms with van der Waals surface area (Å²) in [7, 11) is 3.10. The number of fused-ring (bicyclic) bond motifs is 5. The quantitative estimate of drug-likeness (QED) is 0.188. The second kappa shape index (κ2) is 13.0. The molecule has 230 valence electrons. The molecular formula is C26H18F6N6O6. The predicted octanol–water partition coefficient (Wildman–Crippen LogP) is 5.41. The van der Waals surface area contributed by atoms with Crippen LogP contribution in [0.1, 0.15) is 5.56 Å². The topological polar surface area (TPSA) is 183 Å². The molecule has 4 aromatic rings. The van der Waals surface area contributed by atoms with Gasteiger partial charge in [-0.05, 0) is 24.3 Å². The van der Waals surface area contributed by atoms with Crippen molar-refractivity contribution in [3.63, 3.8) is 0 Å². The van der Waals surface area contributed by atoms with Crippen LogP contribution < -0.4 is 14.8 Å². The van der Waals surface area contributed by atoms with Crippen LogP contribution in [-0.2, 0) is 9.59 Å². The molecule has 4 heterocycles. The van der Waals surface area contributed by atoms with Crippen molar-refractivity contribution in [3.05, 3.63) is 54.5 Å². The fourth-order valence-corrected chi connectivity index (χ4v) is 3.62. The van der Waals surface area contributed by atoms with Gasteiger partial charge < -0.3 is 30.0 Å². The number of pyridine rings is 2. The molecule has 1 aliphatic rings. The Balaban J connectivity index is 0.000000317. The Hall–Kier alpha value is -5.86. The minimum Gasteiger partial charge on any atom is -0.497 e. The first-order valence-electron chi connectivity index (χ1n) is 11.7. The zero-order valence-electron chi connectivity index (χ0n) is 22.2. The van der Waals surface area contributed by atoms with E-state index in [0.29, 0.717) is 34.3 Å². The van der Waals surface area contributed by atoms with E-state index in [0.717, 1.165) is 28.2 Å². The molecule has 4 N–H and O–H groups in total. The van der Waals surface area contributed by atoms with Crippen LogP contribution in [0.2, 0.25) is 0 Å². The van der Waals surface area contributed by atoms with Gasteiger partial charge in [0.05, 0.1) is 42.9 Å². The van der Waals surface area contributed by atoms with Crippen molar-refractivity contribution >= 4 is 23.4 Å². The predicted molar refractivity (Wildman–Crippen MR) is 139 cm³/mol. The van der Waals surface area contributed by atoms with Crippen molar-refractivity contribution in [1.29, 1.82) is 5.26 Å². The Morgan fingerprint density at radius 2 is 1.59 bits per heavy atom. The van der Waals surface area contributed by atoms with Crippen LogP contribution in [-0.4, -0.2) is 68.7 Å². The van der Waals surface area contributed by atoms with Gasteiger partial charge in [0.2, 0.25) is 0 Å². The number of nitriles is 1. The maximum Gasteiger partial charge on any atom is 0.490 e. The number of benzene rings is 1. The number of alkyl halides is 6. The summed E-state index contributed by atoms with van der Waals surface area (Å²) in [5.74, 6) is -3.27. The number of aliphatic carboxylic acids is 2. The van der Waals surface area contributed by atoms with E-state index < -0.39 is 24.3 Å². The minimum absolute atomic E-state index is 0.398. The first-order valence-corrected chi connectivity index (χ1v) is 11.7. The number of hydrogen-bond acceptors (Lipinski definition) is 9. The molecule has 0 unspecified atom stereocenters. The molecule has 1 aliphatic heterocycles. The van der Waals surface area contributed by atoms with Gasteiger partial charge in [0.25, 0.3) is 0 Å².